The zero-order chi connectivity index (χ0) is 37.7. The molecule has 0 aromatic heterocycles. The maximum Gasteiger partial charge on any atom is 0.472 e. The SMILES string of the molecule is CCCCCCCCCCCCCCCC/C=C\OC[C@H](COP(=O)(O)OC[C@H](N)C(=O)O)OC(=O)CCCCCCCCCCCCCCC. The van der Waals surface area contributed by atoms with Crippen LogP contribution in [0.1, 0.15) is 200 Å². The molecule has 1 unspecified atom stereocenters. The fraction of sp³-hybridized carbons (Fsp3) is 0.900. The molecular weight excluding hydrogens is 669 g/mol. The van der Waals surface area contributed by atoms with Crippen molar-refractivity contribution in [2.45, 2.75) is 212 Å². The molecular formula is C40H78NO9P. The van der Waals surface area contributed by atoms with Gasteiger partial charge in [-0.15, -0.1) is 0 Å². The van der Waals surface area contributed by atoms with E-state index in [4.69, 9.17) is 29.4 Å². The van der Waals surface area contributed by atoms with Crippen LogP contribution in [0.15, 0.2) is 12.3 Å². The van der Waals surface area contributed by atoms with Crippen molar-refractivity contribution >= 4 is 19.8 Å². The number of unbranched alkanes of at least 4 members (excludes halogenated alkanes) is 26. The van der Waals surface area contributed by atoms with Crippen molar-refractivity contribution in [2.75, 3.05) is 19.8 Å². The predicted octanol–water partition coefficient (Wildman–Crippen LogP) is 11.3. The molecule has 0 aliphatic heterocycles. The lowest BCUT2D eigenvalue weighted by molar-refractivity contribution is -0.153. The topological polar surface area (TPSA) is 155 Å². The molecule has 4 N–H and O–H groups in total. The minimum absolute atomic E-state index is 0.0613. The van der Waals surface area contributed by atoms with E-state index in [9.17, 15) is 19.0 Å². The molecule has 0 bridgehead atoms. The van der Waals surface area contributed by atoms with E-state index >= 15 is 0 Å². The predicted molar refractivity (Wildman–Crippen MR) is 208 cm³/mol. The lowest BCUT2D eigenvalue weighted by Gasteiger charge is -2.20. The van der Waals surface area contributed by atoms with Gasteiger partial charge in [0, 0.05) is 6.42 Å². The number of carbonyl (C=O) groups is 2. The zero-order valence-electron chi connectivity index (χ0n) is 32.7. The summed E-state index contributed by atoms with van der Waals surface area (Å²) in [6, 6.07) is -1.48. The van der Waals surface area contributed by atoms with Crippen molar-refractivity contribution in [3.8, 4) is 0 Å². The number of esters is 1. The van der Waals surface area contributed by atoms with E-state index in [2.05, 4.69) is 13.8 Å². The van der Waals surface area contributed by atoms with Crippen LogP contribution >= 0.6 is 7.82 Å². The Morgan fingerprint density at radius 2 is 1.00 bits per heavy atom. The van der Waals surface area contributed by atoms with Crippen molar-refractivity contribution in [2.24, 2.45) is 5.73 Å². The first kappa shape index (κ1) is 49.6. The molecule has 0 saturated carbocycles. The van der Waals surface area contributed by atoms with Gasteiger partial charge in [0.15, 0.2) is 6.10 Å². The van der Waals surface area contributed by atoms with Crippen molar-refractivity contribution in [1.29, 1.82) is 0 Å². The Kier molecular flexibility index (Phi) is 35.8. The third-order valence-corrected chi connectivity index (χ3v) is 10.1. The average Bonchev–Trinajstić information content (AvgIpc) is 3.10. The van der Waals surface area contributed by atoms with Gasteiger partial charge in [-0.2, -0.15) is 0 Å². The number of aliphatic carboxylic acids is 1. The molecule has 10 nitrogen and oxygen atoms in total. The van der Waals surface area contributed by atoms with Gasteiger partial charge in [-0.1, -0.05) is 174 Å². The van der Waals surface area contributed by atoms with Gasteiger partial charge in [0.1, 0.15) is 12.6 Å². The van der Waals surface area contributed by atoms with Gasteiger partial charge < -0.3 is 25.2 Å². The summed E-state index contributed by atoms with van der Waals surface area (Å²) in [6.07, 6.45) is 37.8. The molecule has 0 rings (SSSR count). The minimum Gasteiger partial charge on any atom is -0.498 e. The highest BCUT2D eigenvalue weighted by atomic mass is 31.2. The van der Waals surface area contributed by atoms with E-state index < -0.39 is 45.1 Å². The fourth-order valence-corrected chi connectivity index (χ4v) is 6.64. The summed E-state index contributed by atoms with van der Waals surface area (Å²) in [5.41, 5.74) is 5.34. The smallest absolute Gasteiger partial charge is 0.472 e. The molecule has 51 heavy (non-hydrogen) atoms. The number of rotatable bonds is 40. The van der Waals surface area contributed by atoms with Crippen molar-refractivity contribution in [3.05, 3.63) is 12.3 Å². The van der Waals surface area contributed by atoms with Gasteiger partial charge >= 0.3 is 19.8 Å². The molecule has 0 aliphatic carbocycles. The van der Waals surface area contributed by atoms with E-state index in [1.165, 1.54) is 141 Å². The standard InChI is InChI=1S/C40H78NO9P/c1-3-5-7-9-11-13-15-17-18-19-21-23-25-27-29-31-33-47-34-37(35-48-51(45,46)49-36-38(41)40(43)44)50-39(42)32-30-28-26-24-22-20-16-14-12-10-8-6-4-2/h31,33,37-38H,3-30,32,34-36,41H2,1-2H3,(H,43,44)(H,45,46)/b33-31-/t37-,38+/m1/s1. The first-order valence-corrected chi connectivity index (χ1v) is 22.3. The molecule has 0 radical (unpaired) electrons. The quantitative estimate of drug-likeness (QED) is 0.0239. The van der Waals surface area contributed by atoms with E-state index in [0.29, 0.717) is 6.42 Å². The number of allylic oxidation sites excluding steroid dienone is 1. The number of carbonyl (C=O) groups excluding carboxylic acids is 1. The van der Waals surface area contributed by atoms with Crippen LogP contribution in [0.3, 0.4) is 0 Å². The summed E-state index contributed by atoms with van der Waals surface area (Å²) < 4.78 is 33.0. The number of hydrogen-bond acceptors (Lipinski definition) is 8. The van der Waals surface area contributed by atoms with Crippen LogP contribution < -0.4 is 5.73 Å². The molecule has 0 saturated heterocycles. The highest BCUT2D eigenvalue weighted by Crippen LogP contribution is 2.43. The fourth-order valence-electron chi connectivity index (χ4n) is 5.86. The van der Waals surface area contributed by atoms with Gasteiger partial charge in [-0.3, -0.25) is 18.6 Å². The van der Waals surface area contributed by atoms with E-state index in [1.54, 1.807) is 6.26 Å². The summed E-state index contributed by atoms with van der Waals surface area (Å²) in [6.45, 7) is 3.29. The third kappa shape index (κ3) is 36.7. The van der Waals surface area contributed by atoms with Crippen LogP contribution in [0.2, 0.25) is 0 Å². The number of hydrogen-bond donors (Lipinski definition) is 3. The molecule has 0 aromatic rings. The zero-order valence-corrected chi connectivity index (χ0v) is 33.6. The lowest BCUT2D eigenvalue weighted by atomic mass is 10.0. The van der Waals surface area contributed by atoms with Crippen molar-refractivity contribution in [3.63, 3.8) is 0 Å². The van der Waals surface area contributed by atoms with Gasteiger partial charge in [0.25, 0.3) is 0 Å². The number of carboxylic acid groups (broad SMARTS) is 1. The maximum atomic E-state index is 12.6. The Bertz CT molecular complexity index is 873. The van der Waals surface area contributed by atoms with Crippen molar-refractivity contribution < 1.29 is 42.7 Å². The van der Waals surface area contributed by atoms with Crippen molar-refractivity contribution in [1.82, 2.24) is 0 Å². The maximum absolute atomic E-state index is 12.6. The largest absolute Gasteiger partial charge is 0.498 e. The van der Waals surface area contributed by atoms with Crippen LogP contribution in [0.4, 0.5) is 0 Å². The Balaban J connectivity index is 4.28. The third-order valence-electron chi connectivity index (χ3n) is 9.14. The molecule has 0 fully saturated rings. The number of nitrogens with two attached hydrogens (primary N) is 1. The summed E-state index contributed by atoms with van der Waals surface area (Å²) in [5.74, 6) is -1.80. The van der Waals surface area contributed by atoms with Crippen LogP contribution in [-0.4, -0.2) is 53.9 Å². The molecule has 0 spiro atoms. The summed E-state index contributed by atoms with van der Waals surface area (Å²) in [7, 11) is -4.62. The monoisotopic (exact) mass is 748 g/mol. The second-order valence-electron chi connectivity index (χ2n) is 14.2. The highest BCUT2D eigenvalue weighted by molar-refractivity contribution is 7.47. The molecule has 0 amide bonds. The highest BCUT2D eigenvalue weighted by Gasteiger charge is 2.27. The van der Waals surface area contributed by atoms with Crippen LogP contribution in [0.5, 0.6) is 0 Å². The molecule has 3 atom stereocenters. The average molecular weight is 748 g/mol. The van der Waals surface area contributed by atoms with Gasteiger partial charge in [0.2, 0.25) is 0 Å². The van der Waals surface area contributed by atoms with E-state index in [1.807, 2.05) is 6.08 Å². The second-order valence-corrected chi connectivity index (χ2v) is 15.7. The summed E-state index contributed by atoms with van der Waals surface area (Å²) in [5, 5.41) is 8.87. The van der Waals surface area contributed by atoms with E-state index in [-0.39, 0.29) is 13.0 Å². The Morgan fingerprint density at radius 1 is 0.608 bits per heavy atom. The Labute approximate surface area is 312 Å². The summed E-state index contributed by atoms with van der Waals surface area (Å²) in [4.78, 5) is 33.4. The number of ether oxygens (including phenoxy) is 2. The lowest BCUT2D eigenvalue weighted by Crippen LogP contribution is -2.34. The molecule has 0 heterocycles. The molecule has 302 valence electrons. The van der Waals surface area contributed by atoms with Crippen LogP contribution in [-0.2, 0) is 32.7 Å². The van der Waals surface area contributed by atoms with Gasteiger partial charge in [0.05, 0.1) is 19.5 Å². The van der Waals surface area contributed by atoms with Gasteiger partial charge in [-0.05, 0) is 25.3 Å². The molecule has 11 heteroatoms. The number of phosphoric acid groups is 1. The van der Waals surface area contributed by atoms with Crippen LogP contribution in [0, 0.1) is 0 Å². The Hall–Kier alpha value is -1.45. The number of carboxylic acids is 1. The minimum atomic E-state index is -4.62. The first-order valence-electron chi connectivity index (χ1n) is 20.8. The molecule has 0 aromatic carbocycles. The number of phosphoric ester groups is 1. The molecule has 0 aliphatic rings. The van der Waals surface area contributed by atoms with Gasteiger partial charge in [-0.25, -0.2) is 4.57 Å². The van der Waals surface area contributed by atoms with Crippen LogP contribution in [0.25, 0.3) is 0 Å². The Morgan fingerprint density at radius 3 is 1.43 bits per heavy atom. The van der Waals surface area contributed by atoms with E-state index in [0.717, 1.165) is 32.1 Å². The summed E-state index contributed by atoms with van der Waals surface area (Å²) >= 11 is 0. The second kappa shape index (κ2) is 36.9. The normalized spacial score (nSPS) is 14.0. The first-order chi connectivity index (χ1) is 24.7.